The average Bonchev–Trinajstić information content (AvgIpc) is 2.14. The van der Waals surface area contributed by atoms with Crippen LogP contribution < -0.4 is 10.5 Å². The summed E-state index contributed by atoms with van der Waals surface area (Å²) < 4.78 is 22.1. The maximum absolute atomic E-state index is 11.1. The largest absolute Gasteiger partial charge is 0.369 e. The van der Waals surface area contributed by atoms with Gasteiger partial charge in [0.05, 0.1) is 6.20 Å². The fraction of sp³-hybridized carbons (Fsp3) is 0.429. The summed E-state index contributed by atoms with van der Waals surface area (Å²) in [5.74, 6) is 0.254. The summed E-state index contributed by atoms with van der Waals surface area (Å²) in [4.78, 5) is 7.34. The van der Waals surface area contributed by atoms with Crippen molar-refractivity contribution in [3.05, 3.63) is 12.5 Å². The molecule has 7 heteroatoms. The molecule has 14 heavy (non-hydrogen) atoms. The molecule has 0 bridgehead atoms. The molecule has 0 atom stereocenters. The van der Waals surface area contributed by atoms with E-state index in [-0.39, 0.29) is 10.7 Å². The van der Waals surface area contributed by atoms with Crippen molar-refractivity contribution in [1.29, 1.82) is 0 Å². The second-order valence-corrected chi connectivity index (χ2v) is 4.24. The molecule has 0 unspecified atom stereocenters. The molecule has 6 nitrogen and oxygen atoms in total. The molecular formula is C7H12N4O2S. The highest BCUT2D eigenvalue weighted by molar-refractivity contribution is 7.89. The Morgan fingerprint density at radius 2 is 2.29 bits per heavy atom. The molecule has 0 aliphatic heterocycles. The van der Waals surface area contributed by atoms with Gasteiger partial charge in [-0.05, 0) is 6.42 Å². The quantitative estimate of drug-likeness (QED) is 0.735. The van der Waals surface area contributed by atoms with E-state index < -0.39 is 10.0 Å². The van der Waals surface area contributed by atoms with Crippen LogP contribution in [0.4, 0.5) is 5.82 Å². The Kier molecular flexibility index (Phi) is 3.37. The molecular weight excluding hydrogens is 204 g/mol. The van der Waals surface area contributed by atoms with Crippen molar-refractivity contribution in [3.63, 3.8) is 0 Å². The number of anilines is 1. The van der Waals surface area contributed by atoms with Crippen molar-refractivity contribution in [3.8, 4) is 0 Å². The molecule has 0 saturated heterocycles. The zero-order chi connectivity index (χ0) is 10.6. The Labute approximate surface area is 82.6 Å². The SMILES string of the molecule is CCCNc1ncncc1S(N)(=O)=O. The Morgan fingerprint density at radius 1 is 1.57 bits per heavy atom. The van der Waals surface area contributed by atoms with Gasteiger partial charge in [0.2, 0.25) is 10.0 Å². The van der Waals surface area contributed by atoms with E-state index in [9.17, 15) is 8.42 Å². The summed E-state index contributed by atoms with van der Waals surface area (Å²) >= 11 is 0. The molecule has 0 radical (unpaired) electrons. The van der Waals surface area contributed by atoms with E-state index in [1.165, 1.54) is 12.5 Å². The molecule has 0 aliphatic rings. The standard InChI is InChI=1S/C7H12N4O2S/c1-2-3-10-7-6(14(8,12)13)4-9-5-11-7/h4-5H,2-3H2,1H3,(H2,8,12,13)(H,9,10,11). The third-order valence-corrected chi connectivity index (χ3v) is 2.44. The monoisotopic (exact) mass is 216 g/mol. The van der Waals surface area contributed by atoms with Crippen LogP contribution in [0.3, 0.4) is 0 Å². The van der Waals surface area contributed by atoms with Gasteiger partial charge in [-0.25, -0.2) is 23.5 Å². The summed E-state index contributed by atoms with van der Waals surface area (Å²) in [5.41, 5.74) is 0. The number of nitrogens with two attached hydrogens (primary N) is 1. The van der Waals surface area contributed by atoms with Gasteiger partial charge >= 0.3 is 0 Å². The maximum Gasteiger partial charge on any atom is 0.243 e. The molecule has 1 aromatic heterocycles. The van der Waals surface area contributed by atoms with E-state index in [0.29, 0.717) is 6.54 Å². The zero-order valence-corrected chi connectivity index (χ0v) is 8.58. The fourth-order valence-corrected chi connectivity index (χ4v) is 1.50. The number of aromatic nitrogens is 2. The summed E-state index contributed by atoms with van der Waals surface area (Å²) in [6.07, 6.45) is 3.32. The first-order valence-electron chi connectivity index (χ1n) is 4.12. The average molecular weight is 216 g/mol. The second-order valence-electron chi connectivity index (χ2n) is 2.71. The third-order valence-electron chi connectivity index (χ3n) is 1.53. The van der Waals surface area contributed by atoms with Crippen molar-refractivity contribution in [1.82, 2.24) is 9.97 Å². The first kappa shape index (κ1) is 10.9. The van der Waals surface area contributed by atoms with Crippen LogP contribution in [0.5, 0.6) is 0 Å². The summed E-state index contributed by atoms with van der Waals surface area (Å²) in [7, 11) is -3.75. The normalized spacial score (nSPS) is 11.3. The molecule has 0 aliphatic carbocycles. The number of sulfonamides is 1. The van der Waals surface area contributed by atoms with E-state index in [1.54, 1.807) is 0 Å². The zero-order valence-electron chi connectivity index (χ0n) is 7.77. The lowest BCUT2D eigenvalue weighted by Crippen LogP contribution is -2.16. The van der Waals surface area contributed by atoms with E-state index in [4.69, 9.17) is 5.14 Å². The van der Waals surface area contributed by atoms with Crippen LogP contribution in [0.1, 0.15) is 13.3 Å². The lowest BCUT2D eigenvalue weighted by Gasteiger charge is -2.06. The molecule has 0 aromatic carbocycles. The van der Waals surface area contributed by atoms with Crippen LogP contribution in [0, 0.1) is 0 Å². The molecule has 1 aromatic rings. The smallest absolute Gasteiger partial charge is 0.243 e. The Hall–Kier alpha value is -1.21. The topological polar surface area (TPSA) is 98.0 Å². The van der Waals surface area contributed by atoms with Gasteiger partial charge in [-0.3, -0.25) is 0 Å². The molecule has 0 spiro atoms. The summed E-state index contributed by atoms with van der Waals surface area (Å²) in [5, 5.41) is 7.84. The predicted octanol–water partition coefficient (Wildman–Crippen LogP) is -0.0541. The Balaban J connectivity index is 3.04. The van der Waals surface area contributed by atoms with Crippen molar-refractivity contribution in [2.45, 2.75) is 18.2 Å². The molecule has 1 heterocycles. The molecule has 1 rings (SSSR count). The molecule has 0 saturated carbocycles. The van der Waals surface area contributed by atoms with Crippen LogP contribution >= 0.6 is 0 Å². The Bertz CT molecular complexity index is 404. The first-order chi connectivity index (χ1) is 6.55. The van der Waals surface area contributed by atoms with Crippen LogP contribution in [0.2, 0.25) is 0 Å². The van der Waals surface area contributed by atoms with Gasteiger partial charge in [0.15, 0.2) is 0 Å². The molecule has 0 amide bonds. The summed E-state index contributed by atoms with van der Waals surface area (Å²) in [6, 6.07) is 0. The van der Waals surface area contributed by atoms with E-state index in [2.05, 4.69) is 15.3 Å². The summed E-state index contributed by atoms with van der Waals surface area (Å²) in [6.45, 7) is 2.60. The van der Waals surface area contributed by atoms with Crippen molar-refractivity contribution < 1.29 is 8.42 Å². The highest BCUT2D eigenvalue weighted by Gasteiger charge is 2.14. The highest BCUT2D eigenvalue weighted by atomic mass is 32.2. The van der Waals surface area contributed by atoms with Gasteiger partial charge in [0.25, 0.3) is 0 Å². The van der Waals surface area contributed by atoms with Crippen molar-refractivity contribution in [2.75, 3.05) is 11.9 Å². The number of nitrogens with zero attached hydrogens (tertiary/aromatic N) is 2. The fourth-order valence-electron chi connectivity index (χ4n) is 0.901. The van der Waals surface area contributed by atoms with Gasteiger partial charge in [-0.2, -0.15) is 0 Å². The molecule has 0 fully saturated rings. The van der Waals surface area contributed by atoms with Crippen LogP contribution in [0.25, 0.3) is 0 Å². The first-order valence-corrected chi connectivity index (χ1v) is 5.67. The Morgan fingerprint density at radius 3 is 2.86 bits per heavy atom. The van der Waals surface area contributed by atoms with Gasteiger partial charge in [-0.1, -0.05) is 6.92 Å². The van der Waals surface area contributed by atoms with Crippen molar-refractivity contribution >= 4 is 15.8 Å². The van der Waals surface area contributed by atoms with Gasteiger partial charge < -0.3 is 5.32 Å². The van der Waals surface area contributed by atoms with Crippen LogP contribution in [-0.4, -0.2) is 24.9 Å². The minimum Gasteiger partial charge on any atom is -0.369 e. The highest BCUT2D eigenvalue weighted by Crippen LogP contribution is 2.14. The lowest BCUT2D eigenvalue weighted by molar-refractivity contribution is 0.597. The number of hydrogen-bond acceptors (Lipinski definition) is 5. The second kappa shape index (κ2) is 4.34. The van der Waals surface area contributed by atoms with Crippen LogP contribution in [0.15, 0.2) is 17.4 Å². The number of primary sulfonamides is 1. The number of rotatable bonds is 4. The number of hydrogen-bond donors (Lipinski definition) is 2. The van der Waals surface area contributed by atoms with E-state index in [0.717, 1.165) is 6.42 Å². The van der Waals surface area contributed by atoms with Crippen LogP contribution in [-0.2, 0) is 10.0 Å². The predicted molar refractivity (Wildman–Crippen MR) is 52.2 cm³/mol. The molecule has 78 valence electrons. The van der Waals surface area contributed by atoms with Gasteiger partial charge in [0.1, 0.15) is 17.0 Å². The maximum atomic E-state index is 11.1. The van der Waals surface area contributed by atoms with Gasteiger partial charge in [-0.15, -0.1) is 0 Å². The molecule has 3 N–H and O–H groups in total. The van der Waals surface area contributed by atoms with E-state index in [1.807, 2.05) is 6.92 Å². The van der Waals surface area contributed by atoms with Gasteiger partial charge in [0, 0.05) is 6.54 Å². The number of nitrogens with one attached hydrogen (secondary N) is 1. The van der Waals surface area contributed by atoms with E-state index >= 15 is 0 Å². The third kappa shape index (κ3) is 2.64. The lowest BCUT2D eigenvalue weighted by atomic mass is 10.4. The minimum absolute atomic E-state index is 0.0755. The van der Waals surface area contributed by atoms with Crippen molar-refractivity contribution in [2.24, 2.45) is 5.14 Å². The minimum atomic E-state index is -3.75.